The van der Waals surface area contributed by atoms with Gasteiger partial charge in [0.2, 0.25) is 0 Å². The van der Waals surface area contributed by atoms with Gasteiger partial charge in [-0.15, -0.1) is 16.6 Å². The van der Waals surface area contributed by atoms with Crippen molar-refractivity contribution >= 4 is 5.96 Å². The molecule has 19 heavy (non-hydrogen) atoms. The number of guanidine groups is 1. The lowest BCUT2D eigenvalue weighted by atomic mass is 10.3. The summed E-state index contributed by atoms with van der Waals surface area (Å²) in [7, 11) is 1.93. The van der Waals surface area contributed by atoms with Gasteiger partial charge in [0.15, 0.2) is 11.8 Å². The van der Waals surface area contributed by atoms with E-state index in [0.717, 1.165) is 31.0 Å². The molecule has 0 aliphatic rings. The van der Waals surface area contributed by atoms with Crippen LogP contribution in [0.5, 0.6) is 0 Å². The van der Waals surface area contributed by atoms with E-state index in [4.69, 9.17) is 6.42 Å². The second kappa shape index (κ2) is 8.14. The highest BCUT2D eigenvalue weighted by molar-refractivity contribution is 5.79. The minimum Gasteiger partial charge on any atom is -0.356 e. The molecule has 6 nitrogen and oxygen atoms in total. The molecule has 1 heterocycles. The molecule has 0 spiro atoms. The van der Waals surface area contributed by atoms with E-state index in [-0.39, 0.29) is 0 Å². The molecule has 2 N–H and O–H groups in total. The maximum Gasteiger partial charge on any atom is 0.192 e. The quantitative estimate of drug-likeness (QED) is 0.341. The van der Waals surface area contributed by atoms with Crippen LogP contribution >= 0.6 is 0 Å². The zero-order valence-electron chi connectivity index (χ0n) is 11.9. The molecular weight excluding hydrogens is 240 g/mol. The third-order valence-corrected chi connectivity index (χ3v) is 2.74. The number of aromatic nitrogens is 3. The first-order valence-corrected chi connectivity index (χ1v) is 6.49. The summed E-state index contributed by atoms with van der Waals surface area (Å²) in [5.74, 6) is 4.96. The zero-order valence-corrected chi connectivity index (χ0v) is 11.9. The highest BCUT2D eigenvalue weighted by atomic mass is 15.3. The average Bonchev–Trinajstić information content (AvgIpc) is 2.73. The number of unbranched alkanes of at least 4 members (excludes halogenated alkanes) is 1. The van der Waals surface area contributed by atoms with Crippen molar-refractivity contribution < 1.29 is 0 Å². The molecule has 0 aromatic carbocycles. The molecule has 0 aliphatic carbocycles. The molecule has 0 saturated carbocycles. The Morgan fingerprint density at radius 3 is 2.79 bits per heavy atom. The largest absolute Gasteiger partial charge is 0.356 e. The summed E-state index contributed by atoms with van der Waals surface area (Å²) in [5.41, 5.74) is 0. The Morgan fingerprint density at radius 1 is 1.42 bits per heavy atom. The van der Waals surface area contributed by atoms with Gasteiger partial charge in [0.1, 0.15) is 12.4 Å². The third kappa shape index (κ3) is 5.00. The number of hydrogen-bond donors (Lipinski definition) is 2. The number of aliphatic imine (C=N–C) groups is 1. The second-order valence-corrected chi connectivity index (χ2v) is 4.23. The van der Waals surface area contributed by atoms with Gasteiger partial charge >= 0.3 is 0 Å². The third-order valence-electron chi connectivity index (χ3n) is 2.74. The standard InChI is InChI=1S/C13H22N6/c1-5-7-9-15-13(14-8-6-2)16-10-12-18-17-11(3)19(12)4/h2H,5,7-10H2,1,3-4H3,(H2,14,15,16). The normalized spacial score (nSPS) is 11.2. The molecular formula is C13H22N6. The smallest absolute Gasteiger partial charge is 0.192 e. The number of hydrogen-bond acceptors (Lipinski definition) is 3. The molecule has 0 bridgehead atoms. The van der Waals surface area contributed by atoms with Crippen LogP contribution in [0.25, 0.3) is 0 Å². The summed E-state index contributed by atoms with van der Waals surface area (Å²) in [6.07, 6.45) is 7.48. The van der Waals surface area contributed by atoms with E-state index in [9.17, 15) is 0 Å². The molecule has 0 atom stereocenters. The van der Waals surface area contributed by atoms with Crippen LogP contribution in [-0.4, -0.2) is 33.8 Å². The Bertz CT molecular complexity index is 454. The van der Waals surface area contributed by atoms with E-state index in [2.05, 4.69) is 38.7 Å². The highest BCUT2D eigenvalue weighted by Crippen LogP contribution is 1.98. The van der Waals surface area contributed by atoms with Gasteiger partial charge in [-0.25, -0.2) is 4.99 Å². The van der Waals surface area contributed by atoms with Crippen LogP contribution in [0.4, 0.5) is 0 Å². The lowest BCUT2D eigenvalue weighted by molar-refractivity contribution is 0.725. The van der Waals surface area contributed by atoms with Crippen molar-refractivity contribution in [2.45, 2.75) is 33.2 Å². The van der Waals surface area contributed by atoms with Gasteiger partial charge in [-0.05, 0) is 13.3 Å². The van der Waals surface area contributed by atoms with Crippen molar-refractivity contribution in [1.29, 1.82) is 0 Å². The van der Waals surface area contributed by atoms with Crippen LogP contribution in [-0.2, 0) is 13.6 Å². The van der Waals surface area contributed by atoms with E-state index in [0.29, 0.717) is 19.0 Å². The van der Waals surface area contributed by atoms with Crippen molar-refractivity contribution in [3.63, 3.8) is 0 Å². The number of nitrogens with zero attached hydrogens (tertiary/aromatic N) is 4. The molecule has 0 aliphatic heterocycles. The van der Waals surface area contributed by atoms with Gasteiger partial charge in [-0.2, -0.15) is 0 Å². The molecule has 0 amide bonds. The first-order valence-electron chi connectivity index (χ1n) is 6.49. The molecule has 104 valence electrons. The lowest BCUT2D eigenvalue weighted by Crippen LogP contribution is -2.38. The zero-order chi connectivity index (χ0) is 14.1. The van der Waals surface area contributed by atoms with E-state index in [1.54, 1.807) is 0 Å². The molecule has 1 rings (SSSR count). The SMILES string of the molecule is C#CCNC(=NCc1nnc(C)n1C)NCCCC. The lowest BCUT2D eigenvalue weighted by Gasteiger charge is -2.10. The summed E-state index contributed by atoms with van der Waals surface area (Å²) in [4.78, 5) is 4.45. The Kier molecular flexibility index (Phi) is 6.44. The molecule has 1 aromatic heterocycles. The summed E-state index contributed by atoms with van der Waals surface area (Å²) in [6.45, 7) is 5.87. The summed E-state index contributed by atoms with van der Waals surface area (Å²) < 4.78 is 1.92. The minimum absolute atomic E-state index is 0.454. The van der Waals surface area contributed by atoms with Crippen molar-refractivity contribution in [1.82, 2.24) is 25.4 Å². The minimum atomic E-state index is 0.454. The average molecular weight is 262 g/mol. The molecule has 6 heteroatoms. The summed E-state index contributed by atoms with van der Waals surface area (Å²) in [6, 6.07) is 0. The topological polar surface area (TPSA) is 67.1 Å². The Balaban J connectivity index is 2.60. The number of terminal acetylenes is 1. The van der Waals surface area contributed by atoms with Crippen LogP contribution in [0.2, 0.25) is 0 Å². The monoisotopic (exact) mass is 262 g/mol. The summed E-state index contributed by atoms with van der Waals surface area (Å²) >= 11 is 0. The van der Waals surface area contributed by atoms with Crippen LogP contribution in [0, 0.1) is 19.3 Å². The number of nitrogens with one attached hydrogen (secondary N) is 2. The van der Waals surface area contributed by atoms with Gasteiger partial charge in [0.25, 0.3) is 0 Å². The van der Waals surface area contributed by atoms with Gasteiger partial charge in [0.05, 0.1) is 6.54 Å². The van der Waals surface area contributed by atoms with E-state index in [1.165, 1.54) is 0 Å². The molecule has 0 fully saturated rings. The van der Waals surface area contributed by atoms with Gasteiger partial charge in [-0.3, -0.25) is 0 Å². The van der Waals surface area contributed by atoms with Crippen LogP contribution in [0.15, 0.2) is 4.99 Å². The summed E-state index contributed by atoms with van der Waals surface area (Å²) in [5, 5.41) is 14.4. The van der Waals surface area contributed by atoms with Crippen LogP contribution in [0.3, 0.4) is 0 Å². The Hall–Kier alpha value is -2.03. The van der Waals surface area contributed by atoms with Crippen LogP contribution in [0.1, 0.15) is 31.4 Å². The second-order valence-electron chi connectivity index (χ2n) is 4.23. The fourth-order valence-electron chi connectivity index (χ4n) is 1.43. The maximum absolute atomic E-state index is 5.24. The maximum atomic E-state index is 5.24. The molecule has 1 aromatic rings. The van der Waals surface area contributed by atoms with Gasteiger partial charge in [-0.1, -0.05) is 19.3 Å². The van der Waals surface area contributed by atoms with E-state index >= 15 is 0 Å². The molecule has 0 saturated heterocycles. The van der Waals surface area contributed by atoms with E-state index < -0.39 is 0 Å². The van der Waals surface area contributed by atoms with Crippen molar-refractivity contribution in [2.75, 3.05) is 13.1 Å². The fraction of sp³-hybridized carbons (Fsp3) is 0.615. The van der Waals surface area contributed by atoms with Gasteiger partial charge < -0.3 is 15.2 Å². The van der Waals surface area contributed by atoms with Crippen molar-refractivity contribution in [3.8, 4) is 12.3 Å². The first-order chi connectivity index (χ1) is 9.19. The number of aryl methyl sites for hydroxylation is 1. The predicted molar refractivity (Wildman–Crippen MR) is 76.6 cm³/mol. The highest BCUT2D eigenvalue weighted by Gasteiger charge is 2.04. The predicted octanol–water partition coefficient (Wildman–Crippen LogP) is 0.592. The Morgan fingerprint density at radius 2 is 2.21 bits per heavy atom. The van der Waals surface area contributed by atoms with Crippen molar-refractivity contribution in [2.24, 2.45) is 12.0 Å². The Labute approximate surface area is 114 Å². The fourth-order valence-corrected chi connectivity index (χ4v) is 1.43. The van der Waals surface area contributed by atoms with E-state index in [1.807, 2.05) is 18.5 Å². The van der Waals surface area contributed by atoms with Gasteiger partial charge in [0, 0.05) is 13.6 Å². The van der Waals surface area contributed by atoms with Crippen LogP contribution < -0.4 is 10.6 Å². The van der Waals surface area contributed by atoms with Crippen molar-refractivity contribution in [3.05, 3.63) is 11.6 Å². The molecule has 0 unspecified atom stereocenters. The first kappa shape index (κ1) is 15.0. The molecule has 0 radical (unpaired) electrons. The number of rotatable bonds is 6.